The first-order valence-corrected chi connectivity index (χ1v) is 10.1. The van der Waals surface area contributed by atoms with Gasteiger partial charge in [0, 0.05) is 32.7 Å². The number of rotatable bonds is 4. The highest BCUT2D eigenvalue weighted by Gasteiger charge is 2.42. The number of hydrogen-bond donors (Lipinski definition) is 2. The summed E-state index contributed by atoms with van der Waals surface area (Å²) in [6, 6.07) is 0. The van der Waals surface area contributed by atoms with E-state index in [1.807, 2.05) is 0 Å². The molecule has 11 nitrogen and oxygen atoms in total. The van der Waals surface area contributed by atoms with Crippen LogP contribution in [0.3, 0.4) is 0 Å². The summed E-state index contributed by atoms with van der Waals surface area (Å²) in [7, 11) is 0. The minimum Gasteiger partial charge on any atom is -0.465 e. The second-order valence-electron chi connectivity index (χ2n) is 8.61. The first kappa shape index (κ1) is 23.6. The number of nitrogens with one attached hydrogen (secondary N) is 1. The zero-order chi connectivity index (χ0) is 22.5. The van der Waals surface area contributed by atoms with Crippen molar-refractivity contribution in [3.8, 4) is 0 Å². The van der Waals surface area contributed by atoms with Gasteiger partial charge in [0.25, 0.3) is 0 Å². The number of carbonyl (C=O) groups excluding carboxylic acids is 3. The maximum atomic E-state index is 12.5. The summed E-state index contributed by atoms with van der Waals surface area (Å²) in [6.07, 6.45) is -1.30. The van der Waals surface area contributed by atoms with Crippen LogP contribution in [0.25, 0.3) is 0 Å². The fraction of sp³-hybridized carbons (Fsp3) is 0.789. The van der Waals surface area contributed by atoms with Gasteiger partial charge in [0.05, 0.1) is 12.1 Å². The molecule has 0 saturated carbocycles. The predicted octanol–water partition coefficient (Wildman–Crippen LogP) is 1.32. The van der Waals surface area contributed by atoms with Crippen LogP contribution in [-0.2, 0) is 14.3 Å². The Morgan fingerprint density at radius 1 is 1.10 bits per heavy atom. The number of carboxylic acid groups (broad SMARTS) is 1. The van der Waals surface area contributed by atoms with E-state index in [9.17, 15) is 19.2 Å². The summed E-state index contributed by atoms with van der Waals surface area (Å²) < 4.78 is 10.4. The Balaban J connectivity index is 2.07. The van der Waals surface area contributed by atoms with Gasteiger partial charge in [-0.05, 0) is 40.5 Å². The molecule has 0 unspecified atom stereocenters. The molecule has 0 bridgehead atoms. The first-order chi connectivity index (χ1) is 13.9. The molecule has 0 atom stereocenters. The molecule has 0 spiro atoms. The Morgan fingerprint density at radius 2 is 1.73 bits per heavy atom. The second-order valence-corrected chi connectivity index (χ2v) is 8.61. The fourth-order valence-electron chi connectivity index (χ4n) is 3.55. The average molecular weight is 428 g/mol. The van der Waals surface area contributed by atoms with Gasteiger partial charge in [-0.1, -0.05) is 0 Å². The Kier molecular flexibility index (Phi) is 7.38. The third-order valence-electron chi connectivity index (χ3n) is 5.10. The molecule has 2 fully saturated rings. The van der Waals surface area contributed by atoms with E-state index < -0.39 is 29.4 Å². The summed E-state index contributed by atoms with van der Waals surface area (Å²) in [5.41, 5.74) is -1.38. The van der Waals surface area contributed by atoms with E-state index in [4.69, 9.17) is 14.6 Å². The van der Waals surface area contributed by atoms with E-state index in [-0.39, 0.29) is 38.7 Å². The van der Waals surface area contributed by atoms with Gasteiger partial charge in [0.15, 0.2) is 0 Å². The molecule has 0 aromatic carbocycles. The second kappa shape index (κ2) is 9.40. The quantitative estimate of drug-likeness (QED) is 0.691. The number of ether oxygens (including phenoxy) is 2. The summed E-state index contributed by atoms with van der Waals surface area (Å²) in [5, 5.41) is 12.0. The van der Waals surface area contributed by atoms with Crippen molar-refractivity contribution in [2.24, 2.45) is 0 Å². The minimum atomic E-state index is -1.13. The van der Waals surface area contributed by atoms with E-state index in [2.05, 4.69) is 5.32 Å². The molecule has 11 heteroatoms. The van der Waals surface area contributed by atoms with Crippen LogP contribution in [-0.4, -0.2) is 101 Å². The normalized spacial score (nSPS) is 19.3. The summed E-state index contributed by atoms with van der Waals surface area (Å²) >= 11 is 0. The maximum absolute atomic E-state index is 12.5. The lowest BCUT2D eigenvalue weighted by Gasteiger charge is -2.45. The number of alkyl carbamates (subject to hydrolysis) is 1. The number of piperazine rings is 1. The summed E-state index contributed by atoms with van der Waals surface area (Å²) in [5.74, 6) is -0.316. The largest absolute Gasteiger partial charge is 0.465 e. The molecule has 2 N–H and O–H groups in total. The van der Waals surface area contributed by atoms with Gasteiger partial charge in [0.1, 0.15) is 12.1 Å². The molecule has 2 aliphatic heterocycles. The lowest BCUT2D eigenvalue weighted by Crippen LogP contribution is -2.64. The third kappa shape index (κ3) is 6.39. The van der Waals surface area contributed by atoms with Gasteiger partial charge in [-0.2, -0.15) is 0 Å². The zero-order valence-electron chi connectivity index (χ0n) is 18.1. The monoisotopic (exact) mass is 428 g/mol. The molecule has 0 aromatic rings. The van der Waals surface area contributed by atoms with Gasteiger partial charge in [0.2, 0.25) is 5.91 Å². The molecular weight excluding hydrogens is 396 g/mol. The van der Waals surface area contributed by atoms with Crippen molar-refractivity contribution in [2.45, 2.75) is 51.7 Å². The van der Waals surface area contributed by atoms with Crippen molar-refractivity contribution in [3.63, 3.8) is 0 Å². The van der Waals surface area contributed by atoms with Crippen molar-refractivity contribution in [1.29, 1.82) is 0 Å². The van der Waals surface area contributed by atoms with E-state index in [0.717, 1.165) is 4.90 Å². The molecule has 2 heterocycles. The number of carbonyl (C=O) groups is 4. The molecule has 2 aliphatic rings. The van der Waals surface area contributed by atoms with Crippen LogP contribution in [0.15, 0.2) is 0 Å². The number of nitrogens with zero attached hydrogens (tertiary/aromatic N) is 3. The lowest BCUT2D eigenvalue weighted by molar-refractivity contribution is -0.136. The summed E-state index contributed by atoms with van der Waals surface area (Å²) in [6.45, 7) is 8.46. The summed E-state index contributed by atoms with van der Waals surface area (Å²) in [4.78, 5) is 52.3. The minimum absolute atomic E-state index is 0.209. The number of likely N-dealkylation sites (tertiary alicyclic amines) is 1. The number of hydrogen-bond acceptors (Lipinski definition) is 6. The average Bonchev–Trinajstić information content (AvgIpc) is 2.62. The van der Waals surface area contributed by atoms with Crippen molar-refractivity contribution in [1.82, 2.24) is 20.0 Å². The molecule has 2 saturated heterocycles. The Labute approximate surface area is 176 Å². The molecule has 4 amide bonds. The Morgan fingerprint density at radius 3 is 2.23 bits per heavy atom. The van der Waals surface area contributed by atoms with Crippen LogP contribution in [0, 0.1) is 0 Å². The lowest BCUT2D eigenvalue weighted by atomic mass is 9.86. The molecule has 2 rings (SSSR count). The first-order valence-electron chi connectivity index (χ1n) is 10.1. The van der Waals surface area contributed by atoms with Crippen molar-refractivity contribution >= 4 is 24.2 Å². The molecular formula is C19H32N4O7. The van der Waals surface area contributed by atoms with E-state index in [0.29, 0.717) is 25.9 Å². The molecule has 0 radical (unpaired) electrons. The van der Waals surface area contributed by atoms with Crippen LogP contribution in [0.4, 0.5) is 14.4 Å². The van der Waals surface area contributed by atoms with Crippen LogP contribution in [0.1, 0.15) is 40.5 Å². The number of amides is 4. The Bertz CT molecular complexity index is 668. The van der Waals surface area contributed by atoms with Crippen molar-refractivity contribution < 1.29 is 33.8 Å². The van der Waals surface area contributed by atoms with Crippen LogP contribution >= 0.6 is 0 Å². The highest BCUT2D eigenvalue weighted by Crippen LogP contribution is 2.26. The molecule has 30 heavy (non-hydrogen) atoms. The Hall–Kier alpha value is -2.72. The zero-order valence-corrected chi connectivity index (χ0v) is 18.1. The van der Waals surface area contributed by atoms with Gasteiger partial charge < -0.3 is 29.7 Å². The smallest absolute Gasteiger partial charge is 0.410 e. The highest BCUT2D eigenvalue weighted by atomic mass is 16.6. The van der Waals surface area contributed by atoms with E-state index >= 15 is 0 Å². The predicted molar refractivity (Wildman–Crippen MR) is 106 cm³/mol. The van der Waals surface area contributed by atoms with Gasteiger partial charge >= 0.3 is 18.3 Å². The van der Waals surface area contributed by atoms with Crippen LogP contribution in [0.5, 0.6) is 0 Å². The molecule has 0 aliphatic carbocycles. The van der Waals surface area contributed by atoms with Crippen molar-refractivity contribution in [3.05, 3.63) is 0 Å². The SMILES string of the molecule is CCOC(=O)NC1(CN2CCN(C(=O)O)CC2=O)CCN(C(=O)OC(C)(C)C)CC1. The maximum Gasteiger partial charge on any atom is 0.410 e. The standard InChI is InChI=1S/C19H32N4O7/c1-5-29-15(25)20-19(13-23-11-10-22(16(26)27)12-14(23)24)6-8-21(9-7-19)17(28)30-18(2,3)4/h5-13H2,1-4H3,(H,20,25)(H,26,27). The van der Waals surface area contributed by atoms with Crippen molar-refractivity contribution in [2.75, 3.05) is 45.9 Å². The third-order valence-corrected chi connectivity index (χ3v) is 5.10. The van der Waals surface area contributed by atoms with Gasteiger partial charge in [-0.15, -0.1) is 0 Å². The highest BCUT2D eigenvalue weighted by molar-refractivity contribution is 5.83. The van der Waals surface area contributed by atoms with E-state index in [1.165, 1.54) is 0 Å². The van der Waals surface area contributed by atoms with Crippen LogP contribution in [0.2, 0.25) is 0 Å². The molecule has 0 aromatic heterocycles. The van der Waals surface area contributed by atoms with Gasteiger partial charge in [-0.25, -0.2) is 14.4 Å². The van der Waals surface area contributed by atoms with Gasteiger partial charge in [-0.3, -0.25) is 9.69 Å². The number of piperidine rings is 1. The molecule has 170 valence electrons. The topological polar surface area (TPSA) is 129 Å². The fourth-order valence-corrected chi connectivity index (χ4v) is 3.55. The van der Waals surface area contributed by atoms with E-state index in [1.54, 1.807) is 37.5 Å². The van der Waals surface area contributed by atoms with Crippen LogP contribution < -0.4 is 5.32 Å².